The number of piperidine rings is 1. The maximum absolute atomic E-state index is 11.6. The molecule has 0 saturated carbocycles. The zero-order valence-corrected chi connectivity index (χ0v) is 15.6. The SMILES string of the molecule is O=C1CCC(N2CCOC3(CCN(Cc4nccs4)CC3)C2)CCN1. The van der Waals surface area contributed by atoms with Crippen molar-refractivity contribution in [2.45, 2.75) is 50.3 Å². The molecular formula is C18H28N4O2S. The fraction of sp³-hybridized carbons (Fsp3) is 0.778. The first-order valence-corrected chi connectivity index (χ1v) is 10.4. The van der Waals surface area contributed by atoms with Crippen LogP contribution in [0.25, 0.3) is 0 Å². The lowest BCUT2D eigenvalue weighted by atomic mass is 9.88. The van der Waals surface area contributed by atoms with Crippen molar-refractivity contribution >= 4 is 17.2 Å². The minimum atomic E-state index is 0.0152. The summed E-state index contributed by atoms with van der Waals surface area (Å²) in [5.74, 6) is 0.209. The summed E-state index contributed by atoms with van der Waals surface area (Å²) in [6, 6.07) is 0.521. The minimum Gasteiger partial charge on any atom is -0.372 e. The third-order valence-corrected chi connectivity index (χ3v) is 6.67. The second-order valence-electron chi connectivity index (χ2n) is 7.54. The van der Waals surface area contributed by atoms with Crippen LogP contribution in [0, 0.1) is 0 Å². The third-order valence-electron chi connectivity index (χ3n) is 5.91. The standard InChI is InChI=1S/C18H28N4O2S/c23-16-2-1-15(3-6-19-16)22-10-11-24-18(14-22)4-8-21(9-5-18)13-17-20-7-12-25-17/h7,12,15H,1-6,8-11,13-14H2,(H,19,23). The molecule has 0 aliphatic carbocycles. The summed E-state index contributed by atoms with van der Waals surface area (Å²) in [6.07, 6.45) is 6.80. The number of hydrogen-bond donors (Lipinski definition) is 1. The van der Waals surface area contributed by atoms with Crippen LogP contribution in [0.4, 0.5) is 0 Å². The molecule has 6 nitrogen and oxygen atoms in total. The Bertz CT molecular complexity index is 572. The van der Waals surface area contributed by atoms with Gasteiger partial charge in [0.15, 0.2) is 0 Å². The first-order chi connectivity index (χ1) is 12.2. The van der Waals surface area contributed by atoms with Crippen molar-refractivity contribution in [2.75, 3.05) is 39.3 Å². The fourth-order valence-corrected chi connectivity index (χ4v) is 5.06. The van der Waals surface area contributed by atoms with E-state index >= 15 is 0 Å². The Kier molecular flexibility index (Phi) is 5.36. The number of ether oxygens (including phenoxy) is 1. The van der Waals surface area contributed by atoms with Crippen molar-refractivity contribution in [1.82, 2.24) is 20.1 Å². The quantitative estimate of drug-likeness (QED) is 0.880. The van der Waals surface area contributed by atoms with E-state index in [2.05, 4.69) is 25.5 Å². The van der Waals surface area contributed by atoms with Gasteiger partial charge in [0.2, 0.25) is 5.91 Å². The second kappa shape index (κ2) is 7.70. The van der Waals surface area contributed by atoms with Gasteiger partial charge in [-0.25, -0.2) is 4.98 Å². The molecule has 0 aromatic carbocycles. The number of nitrogens with one attached hydrogen (secondary N) is 1. The van der Waals surface area contributed by atoms with Gasteiger partial charge < -0.3 is 10.1 Å². The molecule has 3 fully saturated rings. The van der Waals surface area contributed by atoms with Crippen molar-refractivity contribution in [3.63, 3.8) is 0 Å². The first kappa shape index (κ1) is 17.4. The lowest BCUT2D eigenvalue weighted by molar-refractivity contribution is -0.144. The van der Waals surface area contributed by atoms with Gasteiger partial charge in [-0.1, -0.05) is 0 Å². The number of rotatable bonds is 3. The predicted octanol–water partition coefficient (Wildman–Crippen LogP) is 1.48. The number of thiazole rings is 1. The normalized spacial score (nSPS) is 28.6. The van der Waals surface area contributed by atoms with Crippen molar-refractivity contribution in [3.05, 3.63) is 16.6 Å². The summed E-state index contributed by atoms with van der Waals surface area (Å²) in [4.78, 5) is 21.1. The molecule has 3 aliphatic heterocycles. The highest BCUT2D eigenvalue weighted by Gasteiger charge is 2.41. The molecule has 0 radical (unpaired) electrons. The van der Waals surface area contributed by atoms with E-state index in [-0.39, 0.29) is 11.5 Å². The smallest absolute Gasteiger partial charge is 0.220 e. The number of carbonyl (C=O) groups is 1. The van der Waals surface area contributed by atoms with Crippen LogP contribution >= 0.6 is 11.3 Å². The Hall–Kier alpha value is -1.02. The van der Waals surface area contributed by atoms with Crippen molar-refractivity contribution in [1.29, 1.82) is 0 Å². The Labute approximate surface area is 153 Å². The fourth-order valence-electron chi connectivity index (χ4n) is 4.40. The van der Waals surface area contributed by atoms with Crippen molar-refractivity contribution in [3.8, 4) is 0 Å². The van der Waals surface area contributed by atoms with E-state index in [1.54, 1.807) is 11.3 Å². The molecular weight excluding hydrogens is 336 g/mol. The van der Waals surface area contributed by atoms with Gasteiger partial charge in [0, 0.05) is 56.8 Å². The minimum absolute atomic E-state index is 0.0152. The van der Waals surface area contributed by atoms with Gasteiger partial charge in [-0.15, -0.1) is 11.3 Å². The summed E-state index contributed by atoms with van der Waals surface area (Å²) in [5.41, 5.74) is 0.0152. The molecule has 1 amide bonds. The highest BCUT2D eigenvalue weighted by atomic mass is 32.1. The summed E-state index contributed by atoms with van der Waals surface area (Å²) in [7, 11) is 0. The molecule has 25 heavy (non-hydrogen) atoms. The van der Waals surface area contributed by atoms with Gasteiger partial charge in [0.25, 0.3) is 0 Å². The molecule has 7 heteroatoms. The highest BCUT2D eigenvalue weighted by molar-refractivity contribution is 7.09. The van der Waals surface area contributed by atoms with Crippen LogP contribution < -0.4 is 5.32 Å². The van der Waals surface area contributed by atoms with Crippen LogP contribution in [-0.4, -0.2) is 71.7 Å². The number of aromatic nitrogens is 1. The van der Waals surface area contributed by atoms with Crippen molar-refractivity contribution in [2.24, 2.45) is 0 Å². The largest absolute Gasteiger partial charge is 0.372 e. The molecule has 1 aromatic heterocycles. The molecule has 3 saturated heterocycles. The lowest BCUT2D eigenvalue weighted by Gasteiger charge is -2.49. The molecule has 4 heterocycles. The maximum Gasteiger partial charge on any atom is 0.220 e. The Morgan fingerprint density at radius 2 is 2.20 bits per heavy atom. The zero-order chi connectivity index (χ0) is 17.1. The molecule has 138 valence electrons. The van der Waals surface area contributed by atoms with Crippen LogP contribution in [0.2, 0.25) is 0 Å². The van der Waals surface area contributed by atoms with Crippen LogP contribution in [-0.2, 0) is 16.1 Å². The molecule has 4 rings (SSSR count). The highest BCUT2D eigenvalue weighted by Crippen LogP contribution is 2.32. The Morgan fingerprint density at radius 3 is 3.00 bits per heavy atom. The molecule has 0 bridgehead atoms. The van der Waals surface area contributed by atoms with E-state index < -0.39 is 0 Å². The molecule has 1 spiro atoms. The van der Waals surface area contributed by atoms with Gasteiger partial charge in [-0.2, -0.15) is 0 Å². The Morgan fingerprint density at radius 1 is 1.32 bits per heavy atom. The van der Waals surface area contributed by atoms with Crippen LogP contribution in [0.15, 0.2) is 11.6 Å². The molecule has 1 aromatic rings. The molecule has 1 atom stereocenters. The van der Waals surface area contributed by atoms with Gasteiger partial charge in [-0.05, 0) is 25.7 Å². The number of nitrogens with zero attached hydrogens (tertiary/aromatic N) is 3. The third kappa shape index (κ3) is 4.22. The monoisotopic (exact) mass is 364 g/mol. The summed E-state index contributed by atoms with van der Waals surface area (Å²) >= 11 is 1.74. The number of likely N-dealkylation sites (tertiary alicyclic amines) is 1. The number of morpholine rings is 1. The first-order valence-electron chi connectivity index (χ1n) is 9.48. The van der Waals surface area contributed by atoms with E-state index in [9.17, 15) is 4.79 Å². The van der Waals surface area contributed by atoms with Crippen molar-refractivity contribution < 1.29 is 9.53 Å². The van der Waals surface area contributed by atoms with Crippen LogP contribution in [0.5, 0.6) is 0 Å². The molecule has 1 unspecified atom stereocenters. The number of amides is 1. The second-order valence-corrected chi connectivity index (χ2v) is 8.51. The number of carbonyl (C=O) groups excluding carboxylic acids is 1. The number of hydrogen-bond acceptors (Lipinski definition) is 6. The van der Waals surface area contributed by atoms with Gasteiger partial charge in [-0.3, -0.25) is 14.6 Å². The topological polar surface area (TPSA) is 57.7 Å². The van der Waals surface area contributed by atoms with Gasteiger partial charge in [0.05, 0.1) is 18.8 Å². The summed E-state index contributed by atoms with van der Waals surface area (Å²) in [5, 5.41) is 6.26. The van der Waals surface area contributed by atoms with E-state index in [1.807, 2.05) is 6.20 Å². The average molecular weight is 365 g/mol. The van der Waals surface area contributed by atoms with E-state index in [0.29, 0.717) is 12.5 Å². The van der Waals surface area contributed by atoms with E-state index in [1.165, 1.54) is 5.01 Å². The van der Waals surface area contributed by atoms with Crippen LogP contribution in [0.3, 0.4) is 0 Å². The van der Waals surface area contributed by atoms with E-state index in [0.717, 1.165) is 71.6 Å². The Balaban J connectivity index is 1.32. The van der Waals surface area contributed by atoms with Crippen LogP contribution in [0.1, 0.15) is 37.1 Å². The van der Waals surface area contributed by atoms with Gasteiger partial charge >= 0.3 is 0 Å². The van der Waals surface area contributed by atoms with E-state index in [4.69, 9.17) is 4.74 Å². The molecule has 3 aliphatic rings. The average Bonchev–Trinajstić information content (AvgIpc) is 3.04. The predicted molar refractivity (Wildman–Crippen MR) is 97.5 cm³/mol. The molecule has 1 N–H and O–H groups in total. The lowest BCUT2D eigenvalue weighted by Crippen LogP contribution is -2.58. The van der Waals surface area contributed by atoms with Gasteiger partial charge in [0.1, 0.15) is 5.01 Å². The zero-order valence-electron chi connectivity index (χ0n) is 14.8. The maximum atomic E-state index is 11.6. The summed E-state index contributed by atoms with van der Waals surface area (Å²) < 4.78 is 6.30. The summed E-state index contributed by atoms with van der Waals surface area (Å²) in [6.45, 7) is 6.80.